The minimum absolute atomic E-state index is 0.0807. The van der Waals surface area contributed by atoms with Crippen LogP contribution in [0.4, 0.5) is 5.69 Å². The molecule has 0 aliphatic carbocycles. The van der Waals surface area contributed by atoms with Gasteiger partial charge in [-0.25, -0.2) is 0 Å². The van der Waals surface area contributed by atoms with Crippen molar-refractivity contribution in [2.75, 3.05) is 18.4 Å². The van der Waals surface area contributed by atoms with Crippen molar-refractivity contribution in [3.63, 3.8) is 0 Å². The van der Waals surface area contributed by atoms with Gasteiger partial charge in [-0.2, -0.15) is 0 Å². The van der Waals surface area contributed by atoms with Gasteiger partial charge in [0.25, 0.3) is 5.91 Å². The summed E-state index contributed by atoms with van der Waals surface area (Å²) in [6.07, 6.45) is 2.94. The van der Waals surface area contributed by atoms with E-state index in [1.54, 1.807) is 0 Å². The predicted molar refractivity (Wildman–Crippen MR) is 117 cm³/mol. The van der Waals surface area contributed by atoms with E-state index in [-0.39, 0.29) is 11.8 Å². The Balaban J connectivity index is 1.49. The number of piperidine rings is 1. The van der Waals surface area contributed by atoms with Crippen molar-refractivity contribution >= 4 is 17.5 Å². The topological polar surface area (TPSA) is 70.2 Å². The monoisotopic (exact) mass is 393 g/mol. The van der Waals surface area contributed by atoms with Crippen LogP contribution in [0.5, 0.6) is 0 Å². The van der Waals surface area contributed by atoms with E-state index >= 15 is 0 Å². The molecule has 29 heavy (non-hydrogen) atoms. The zero-order valence-electron chi connectivity index (χ0n) is 17.3. The Hall–Kier alpha value is -2.66. The maximum absolute atomic E-state index is 12.4. The maximum atomic E-state index is 12.4. The van der Waals surface area contributed by atoms with Gasteiger partial charge in [-0.1, -0.05) is 36.8 Å². The van der Waals surface area contributed by atoms with Gasteiger partial charge < -0.3 is 16.0 Å². The Bertz CT molecular complexity index is 826. The van der Waals surface area contributed by atoms with E-state index in [0.29, 0.717) is 30.4 Å². The van der Waals surface area contributed by atoms with Crippen LogP contribution in [0.2, 0.25) is 0 Å². The maximum Gasteiger partial charge on any atom is 0.255 e. The van der Waals surface area contributed by atoms with Gasteiger partial charge >= 0.3 is 0 Å². The normalized spacial score (nSPS) is 17.4. The van der Waals surface area contributed by atoms with Crippen molar-refractivity contribution in [2.24, 2.45) is 11.8 Å². The Labute approximate surface area is 173 Å². The fourth-order valence-electron chi connectivity index (χ4n) is 3.76. The summed E-state index contributed by atoms with van der Waals surface area (Å²) in [5.74, 6) is 0.899. The molecule has 5 nitrogen and oxygen atoms in total. The first-order valence-corrected chi connectivity index (χ1v) is 10.5. The second-order valence-electron chi connectivity index (χ2n) is 8.09. The number of hydrogen-bond acceptors (Lipinski definition) is 3. The molecule has 3 N–H and O–H groups in total. The molecular weight excluding hydrogens is 362 g/mol. The van der Waals surface area contributed by atoms with Crippen molar-refractivity contribution in [3.8, 4) is 0 Å². The van der Waals surface area contributed by atoms with E-state index < -0.39 is 0 Å². The second kappa shape index (κ2) is 10.2. The van der Waals surface area contributed by atoms with E-state index in [2.05, 4.69) is 22.9 Å². The van der Waals surface area contributed by atoms with E-state index in [0.717, 1.165) is 29.9 Å². The summed E-state index contributed by atoms with van der Waals surface area (Å²) in [5.41, 5.74) is 3.44. The minimum atomic E-state index is -0.138. The lowest BCUT2D eigenvalue weighted by Gasteiger charge is -2.28. The standard InChI is InChI=1S/C24H31N3O2/c1-17-8-10-20(11-9-17)24(29)27-22-7-3-5-19(14-22)15-26-23(28)13-18(2)21-6-4-12-25-16-21/h3,5,7-11,14,18,21,25H,4,6,12-13,15-16H2,1-2H3,(H,26,28)(H,27,29). The zero-order chi connectivity index (χ0) is 20.6. The van der Waals surface area contributed by atoms with E-state index in [1.807, 2.05) is 55.5 Å². The molecule has 2 aromatic carbocycles. The van der Waals surface area contributed by atoms with Gasteiger partial charge in [-0.3, -0.25) is 9.59 Å². The number of aryl methyl sites for hydroxylation is 1. The molecule has 1 heterocycles. The highest BCUT2D eigenvalue weighted by atomic mass is 16.2. The molecule has 0 spiro atoms. The summed E-state index contributed by atoms with van der Waals surface area (Å²) < 4.78 is 0. The quantitative estimate of drug-likeness (QED) is 0.668. The van der Waals surface area contributed by atoms with Crippen LogP contribution in [0, 0.1) is 18.8 Å². The highest BCUT2D eigenvalue weighted by molar-refractivity contribution is 6.04. The summed E-state index contributed by atoms with van der Waals surface area (Å²) in [7, 11) is 0. The highest BCUT2D eigenvalue weighted by Crippen LogP contribution is 2.22. The number of rotatable bonds is 7. The van der Waals surface area contributed by atoms with Gasteiger partial charge in [0.2, 0.25) is 5.91 Å². The molecule has 3 rings (SSSR count). The molecular formula is C24H31N3O2. The number of carbonyl (C=O) groups excluding carboxylic acids is 2. The molecule has 1 aliphatic rings. The van der Waals surface area contributed by atoms with Crippen molar-refractivity contribution in [3.05, 3.63) is 65.2 Å². The van der Waals surface area contributed by atoms with Crippen molar-refractivity contribution < 1.29 is 9.59 Å². The molecule has 2 amide bonds. The average molecular weight is 394 g/mol. The molecule has 2 atom stereocenters. The number of anilines is 1. The number of hydrogen-bond donors (Lipinski definition) is 3. The molecule has 1 saturated heterocycles. The van der Waals surface area contributed by atoms with Crippen LogP contribution in [0.25, 0.3) is 0 Å². The van der Waals surface area contributed by atoms with Gasteiger partial charge in [-0.05, 0) is 74.5 Å². The second-order valence-corrected chi connectivity index (χ2v) is 8.09. The van der Waals surface area contributed by atoms with Crippen molar-refractivity contribution in [1.29, 1.82) is 0 Å². The first-order valence-electron chi connectivity index (χ1n) is 10.5. The molecule has 154 valence electrons. The summed E-state index contributed by atoms with van der Waals surface area (Å²) in [5, 5.41) is 9.35. The smallest absolute Gasteiger partial charge is 0.255 e. The molecule has 0 bridgehead atoms. The van der Waals surface area contributed by atoms with Gasteiger partial charge in [0, 0.05) is 24.2 Å². The SMILES string of the molecule is Cc1ccc(C(=O)Nc2cccc(CNC(=O)CC(C)C3CCCNC3)c2)cc1. The lowest BCUT2D eigenvalue weighted by Crippen LogP contribution is -2.35. The predicted octanol–water partition coefficient (Wildman–Crippen LogP) is 3.89. The molecule has 1 fully saturated rings. The van der Waals surface area contributed by atoms with Gasteiger partial charge in [0.15, 0.2) is 0 Å². The third kappa shape index (κ3) is 6.43. The number of amides is 2. The molecule has 0 aromatic heterocycles. The van der Waals surface area contributed by atoms with E-state index in [1.165, 1.54) is 12.8 Å². The third-order valence-electron chi connectivity index (χ3n) is 5.64. The molecule has 2 unspecified atom stereocenters. The summed E-state index contributed by atoms with van der Waals surface area (Å²) in [4.78, 5) is 24.7. The van der Waals surface area contributed by atoms with E-state index in [9.17, 15) is 9.59 Å². The summed E-state index contributed by atoms with van der Waals surface area (Å²) >= 11 is 0. The fourth-order valence-corrected chi connectivity index (χ4v) is 3.76. The minimum Gasteiger partial charge on any atom is -0.352 e. The molecule has 1 aliphatic heterocycles. The highest BCUT2D eigenvalue weighted by Gasteiger charge is 2.21. The average Bonchev–Trinajstić information content (AvgIpc) is 2.73. The van der Waals surface area contributed by atoms with E-state index in [4.69, 9.17) is 0 Å². The number of carbonyl (C=O) groups is 2. The van der Waals surface area contributed by atoms with Crippen molar-refractivity contribution in [1.82, 2.24) is 10.6 Å². The summed E-state index contributed by atoms with van der Waals surface area (Å²) in [6.45, 7) is 6.72. The lowest BCUT2D eigenvalue weighted by atomic mass is 9.85. The van der Waals surface area contributed by atoms with Crippen LogP contribution in [-0.4, -0.2) is 24.9 Å². The number of nitrogens with one attached hydrogen (secondary N) is 3. The van der Waals surface area contributed by atoms with Crippen LogP contribution in [0.15, 0.2) is 48.5 Å². The molecule has 0 radical (unpaired) electrons. The number of benzene rings is 2. The zero-order valence-corrected chi connectivity index (χ0v) is 17.3. The molecule has 2 aromatic rings. The van der Waals surface area contributed by atoms with Crippen LogP contribution in [0.3, 0.4) is 0 Å². The third-order valence-corrected chi connectivity index (χ3v) is 5.64. The first-order chi connectivity index (χ1) is 14.0. The Kier molecular flexibility index (Phi) is 7.42. The lowest BCUT2D eigenvalue weighted by molar-refractivity contribution is -0.122. The largest absolute Gasteiger partial charge is 0.352 e. The van der Waals surface area contributed by atoms with Crippen LogP contribution < -0.4 is 16.0 Å². The van der Waals surface area contributed by atoms with Crippen molar-refractivity contribution in [2.45, 2.75) is 39.7 Å². The van der Waals surface area contributed by atoms with Crippen LogP contribution in [-0.2, 0) is 11.3 Å². The molecule has 5 heteroatoms. The van der Waals surface area contributed by atoms with Crippen LogP contribution in [0.1, 0.15) is 47.7 Å². The Morgan fingerprint density at radius 3 is 2.69 bits per heavy atom. The molecule has 0 saturated carbocycles. The fraction of sp³-hybridized carbons (Fsp3) is 0.417. The summed E-state index contributed by atoms with van der Waals surface area (Å²) in [6, 6.07) is 15.1. The Morgan fingerprint density at radius 2 is 1.97 bits per heavy atom. The first kappa shape index (κ1) is 21.1. The van der Waals surface area contributed by atoms with Gasteiger partial charge in [-0.15, -0.1) is 0 Å². The van der Waals surface area contributed by atoms with Crippen LogP contribution >= 0.6 is 0 Å². The van der Waals surface area contributed by atoms with Gasteiger partial charge in [0.05, 0.1) is 0 Å². The Morgan fingerprint density at radius 1 is 1.17 bits per heavy atom. The van der Waals surface area contributed by atoms with Gasteiger partial charge in [0.1, 0.15) is 0 Å².